The highest BCUT2D eigenvalue weighted by atomic mass is 32.1. The fourth-order valence-electron chi connectivity index (χ4n) is 2.95. The third-order valence-corrected chi connectivity index (χ3v) is 4.67. The molecule has 0 aliphatic carbocycles. The number of nitriles is 1. The van der Waals surface area contributed by atoms with Crippen LogP contribution in [0.3, 0.4) is 0 Å². The molecule has 0 saturated heterocycles. The van der Waals surface area contributed by atoms with Gasteiger partial charge in [-0.2, -0.15) is 5.26 Å². The van der Waals surface area contributed by atoms with Gasteiger partial charge in [0.25, 0.3) is 0 Å². The second-order valence-electron chi connectivity index (χ2n) is 5.46. The predicted octanol–water partition coefficient (Wildman–Crippen LogP) is 3.18. The van der Waals surface area contributed by atoms with E-state index in [2.05, 4.69) is 34.5 Å². The Labute approximate surface area is 117 Å². The molecule has 2 aromatic heterocycles. The number of fused-ring (bicyclic) bond motifs is 3. The molecule has 1 aliphatic heterocycles. The number of aryl methyl sites for hydroxylation is 1. The summed E-state index contributed by atoms with van der Waals surface area (Å²) in [5.41, 5.74) is 3.62. The first kappa shape index (κ1) is 12.4. The van der Waals surface area contributed by atoms with Crippen LogP contribution in [0.4, 0.5) is 0 Å². The van der Waals surface area contributed by atoms with Gasteiger partial charge in [0, 0.05) is 12.2 Å². The van der Waals surface area contributed by atoms with Crippen molar-refractivity contribution in [1.29, 1.82) is 5.26 Å². The summed E-state index contributed by atoms with van der Waals surface area (Å²) in [5, 5.41) is 9.48. The lowest BCUT2D eigenvalue weighted by atomic mass is 9.90. The molecule has 5 heteroatoms. The van der Waals surface area contributed by atoms with Crippen molar-refractivity contribution in [2.45, 2.75) is 33.2 Å². The second kappa shape index (κ2) is 4.46. The first-order valence-corrected chi connectivity index (χ1v) is 7.03. The van der Waals surface area contributed by atoms with Crippen molar-refractivity contribution < 1.29 is 0 Å². The van der Waals surface area contributed by atoms with Crippen molar-refractivity contribution in [2.75, 3.05) is 0 Å². The molecule has 0 bridgehead atoms. The van der Waals surface area contributed by atoms with E-state index in [1.165, 1.54) is 0 Å². The number of nitrogens with zero attached hydrogens (tertiary/aromatic N) is 3. The van der Waals surface area contributed by atoms with Gasteiger partial charge in [-0.3, -0.25) is 0 Å². The monoisotopic (exact) mass is 272 g/mol. The fourth-order valence-corrected chi connectivity index (χ4v) is 3.21. The molecule has 3 heterocycles. The maximum atomic E-state index is 9.48. The van der Waals surface area contributed by atoms with Gasteiger partial charge in [0.1, 0.15) is 11.6 Å². The van der Waals surface area contributed by atoms with Crippen molar-refractivity contribution in [3.8, 4) is 6.07 Å². The van der Waals surface area contributed by atoms with Crippen LogP contribution in [0.25, 0.3) is 11.0 Å². The van der Waals surface area contributed by atoms with Gasteiger partial charge >= 0.3 is 0 Å². The number of hydrogen-bond acceptors (Lipinski definition) is 3. The Morgan fingerprint density at radius 1 is 1.47 bits per heavy atom. The summed E-state index contributed by atoms with van der Waals surface area (Å²) in [6.45, 7) is 5.46. The predicted molar refractivity (Wildman–Crippen MR) is 76.3 cm³/mol. The lowest BCUT2D eigenvalue weighted by molar-refractivity contribution is 0.370. The van der Waals surface area contributed by atoms with E-state index in [0.717, 1.165) is 41.7 Å². The van der Waals surface area contributed by atoms with Crippen molar-refractivity contribution in [3.63, 3.8) is 0 Å². The molecule has 0 amide bonds. The summed E-state index contributed by atoms with van der Waals surface area (Å²) in [6.07, 6.45) is 3.63. The lowest BCUT2D eigenvalue weighted by Crippen LogP contribution is -2.08. The number of H-pyrrole nitrogens is 1. The summed E-state index contributed by atoms with van der Waals surface area (Å²) < 4.78 is 2.79. The second-order valence-corrected chi connectivity index (χ2v) is 5.85. The zero-order valence-corrected chi connectivity index (χ0v) is 11.9. The van der Waals surface area contributed by atoms with Gasteiger partial charge in [0.2, 0.25) is 0 Å². The van der Waals surface area contributed by atoms with E-state index in [-0.39, 0.29) is 0 Å². The van der Waals surface area contributed by atoms with Gasteiger partial charge in [0.15, 0.2) is 4.64 Å². The van der Waals surface area contributed by atoms with E-state index >= 15 is 0 Å². The number of aromatic nitrogens is 3. The largest absolute Gasteiger partial charge is 0.343 e. The zero-order valence-electron chi connectivity index (χ0n) is 11.1. The molecular weight excluding hydrogens is 256 g/mol. The lowest BCUT2D eigenvalue weighted by Gasteiger charge is -2.14. The number of nitrogens with one attached hydrogen (secondary N) is 1. The third-order valence-electron chi connectivity index (χ3n) is 4.37. The molecule has 1 aliphatic rings. The number of rotatable bonds is 0. The van der Waals surface area contributed by atoms with Crippen LogP contribution in [0.15, 0.2) is 6.33 Å². The van der Waals surface area contributed by atoms with Crippen LogP contribution in [0.2, 0.25) is 0 Å². The van der Waals surface area contributed by atoms with E-state index in [4.69, 9.17) is 12.2 Å². The van der Waals surface area contributed by atoms with Gasteiger partial charge in [-0.05, 0) is 24.7 Å². The highest BCUT2D eigenvalue weighted by Crippen LogP contribution is 2.32. The summed E-state index contributed by atoms with van der Waals surface area (Å²) in [5.74, 6) is 1.25. The quantitative estimate of drug-likeness (QED) is 0.749. The van der Waals surface area contributed by atoms with Crippen LogP contribution in [-0.2, 0) is 13.0 Å². The van der Waals surface area contributed by atoms with Crippen molar-refractivity contribution in [1.82, 2.24) is 14.5 Å². The minimum absolute atomic E-state index is 0.582. The van der Waals surface area contributed by atoms with Crippen molar-refractivity contribution >= 4 is 23.3 Å². The first-order chi connectivity index (χ1) is 9.13. The van der Waals surface area contributed by atoms with E-state index in [9.17, 15) is 5.26 Å². The van der Waals surface area contributed by atoms with Crippen molar-refractivity contribution in [2.24, 2.45) is 11.8 Å². The smallest absolute Gasteiger partial charge is 0.153 e. The molecule has 2 aromatic rings. The zero-order chi connectivity index (χ0) is 13.6. The van der Waals surface area contributed by atoms with Gasteiger partial charge in [0.05, 0.1) is 17.4 Å². The molecule has 1 N–H and O–H groups in total. The Balaban J connectivity index is 2.36. The molecule has 4 nitrogen and oxygen atoms in total. The molecule has 98 valence electrons. The third kappa shape index (κ3) is 1.79. The van der Waals surface area contributed by atoms with Gasteiger partial charge < -0.3 is 9.55 Å². The first-order valence-electron chi connectivity index (χ1n) is 6.62. The average Bonchev–Trinajstić information content (AvgIpc) is 2.62. The van der Waals surface area contributed by atoms with Crippen LogP contribution in [0.1, 0.15) is 31.5 Å². The average molecular weight is 272 g/mol. The molecule has 0 fully saturated rings. The highest BCUT2D eigenvalue weighted by Gasteiger charge is 2.26. The topological polar surface area (TPSA) is 57.4 Å². The Hall–Kier alpha value is -1.67. The Morgan fingerprint density at radius 3 is 3.00 bits per heavy atom. The standard InChI is InChI=1S/C14H16N4S/c1-8-3-4-18-11(5-9(8)2)10(6-15)12-13(18)14(19)17-7-16-12/h7-9H,3-5H2,1-2H3,(H,16,17,19). The molecule has 2 unspecified atom stereocenters. The normalized spacial score (nSPS) is 22.8. The van der Waals surface area contributed by atoms with Crippen LogP contribution < -0.4 is 0 Å². The highest BCUT2D eigenvalue weighted by molar-refractivity contribution is 7.71. The Bertz CT molecular complexity index is 734. The van der Waals surface area contributed by atoms with Crippen LogP contribution >= 0.6 is 12.2 Å². The molecule has 0 radical (unpaired) electrons. The maximum absolute atomic E-state index is 9.48. The molecule has 19 heavy (non-hydrogen) atoms. The van der Waals surface area contributed by atoms with Gasteiger partial charge in [-0.1, -0.05) is 26.1 Å². The van der Waals surface area contributed by atoms with Crippen molar-refractivity contribution in [3.05, 3.63) is 22.2 Å². The maximum Gasteiger partial charge on any atom is 0.153 e. The molecule has 0 saturated carbocycles. The minimum atomic E-state index is 0.582. The number of hydrogen-bond donors (Lipinski definition) is 1. The van der Waals surface area contributed by atoms with E-state index in [1.54, 1.807) is 6.33 Å². The SMILES string of the molecule is CC1CCn2c(c(C#N)c3[nH]cnc(=S)c32)CC1C. The molecule has 2 atom stereocenters. The van der Waals surface area contributed by atoms with Crippen LogP contribution in [-0.4, -0.2) is 14.5 Å². The fraction of sp³-hybridized carbons (Fsp3) is 0.500. The minimum Gasteiger partial charge on any atom is -0.343 e. The van der Waals surface area contributed by atoms with Crippen LogP contribution in [0.5, 0.6) is 0 Å². The van der Waals surface area contributed by atoms with E-state index in [1.807, 2.05) is 0 Å². The molecule has 3 rings (SSSR count). The van der Waals surface area contributed by atoms with E-state index < -0.39 is 0 Å². The Kier molecular flexibility index (Phi) is 2.90. The molecule has 0 aromatic carbocycles. The van der Waals surface area contributed by atoms with E-state index in [0.29, 0.717) is 16.5 Å². The van der Waals surface area contributed by atoms with Gasteiger partial charge in [-0.25, -0.2) is 4.98 Å². The summed E-state index contributed by atoms with van der Waals surface area (Å²) in [6, 6.07) is 2.34. The number of aromatic amines is 1. The van der Waals surface area contributed by atoms with Gasteiger partial charge in [-0.15, -0.1) is 0 Å². The summed E-state index contributed by atoms with van der Waals surface area (Å²) >= 11 is 5.34. The molecular formula is C14H16N4S. The van der Waals surface area contributed by atoms with Crippen LogP contribution in [0, 0.1) is 27.8 Å². The summed E-state index contributed by atoms with van der Waals surface area (Å²) in [4.78, 5) is 7.25. The Morgan fingerprint density at radius 2 is 2.26 bits per heavy atom. The summed E-state index contributed by atoms with van der Waals surface area (Å²) in [7, 11) is 0. The molecule has 0 spiro atoms.